The fraction of sp³-hybridized carbons (Fsp3) is 0.750. The number of nitrogens with zero attached hydrogens (tertiary/aromatic N) is 1. The Morgan fingerprint density at radius 3 is 3.40 bits per heavy atom. The van der Waals surface area contributed by atoms with Crippen LogP contribution in [0.3, 0.4) is 0 Å². The average Bonchev–Trinajstić information content (AvgIpc) is 2.33. The molecule has 0 radical (unpaired) electrons. The van der Waals surface area contributed by atoms with Gasteiger partial charge in [0.15, 0.2) is 0 Å². The van der Waals surface area contributed by atoms with Crippen molar-refractivity contribution in [2.75, 3.05) is 13.1 Å². The third kappa shape index (κ3) is 0.926. The lowest BCUT2D eigenvalue weighted by Crippen LogP contribution is -2.51. The van der Waals surface area contributed by atoms with Crippen LogP contribution in [0.2, 0.25) is 0 Å². The molecule has 0 amide bonds. The Hall–Kier alpha value is -0.500. The summed E-state index contributed by atoms with van der Waals surface area (Å²) in [6.45, 7) is 4.58. The van der Waals surface area contributed by atoms with Crippen LogP contribution in [0.5, 0.6) is 0 Å². The number of hydrogen-bond donors (Lipinski definition) is 1. The average molecular weight is 138 g/mol. The van der Waals surface area contributed by atoms with E-state index in [1.54, 1.807) is 0 Å². The molecular weight excluding hydrogens is 124 g/mol. The maximum atomic E-state index is 3.47. The molecule has 2 atom stereocenters. The first-order valence-corrected chi connectivity index (χ1v) is 4.02. The molecule has 2 aliphatic rings. The van der Waals surface area contributed by atoms with Crippen molar-refractivity contribution < 1.29 is 0 Å². The van der Waals surface area contributed by atoms with Gasteiger partial charge in [-0.05, 0) is 19.5 Å². The highest BCUT2D eigenvalue weighted by atomic mass is 15.2. The van der Waals surface area contributed by atoms with Gasteiger partial charge in [0.1, 0.15) is 0 Å². The van der Waals surface area contributed by atoms with Crippen molar-refractivity contribution in [2.24, 2.45) is 0 Å². The highest BCUT2D eigenvalue weighted by Gasteiger charge is 2.24. The van der Waals surface area contributed by atoms with E-state index in [1.165, 1.54) is 13.0 Å². The molecule has 1 N–H and O–H groups in total. The van der Waals surface area contributed by atoms with Crippen molar-refractivity contribution in [1.82, 2.24) is 10.2 Å². The number of fused-ring (bicyclic) bond motifs is 1. The molecule has 2 heterocycles. The van der Waals surface area contributed by atoms with Crippen LogP contribution in [0, 0.1) is 0 Å². The van der Waals surface area contributed by atoms with E-state index in [0.29, 0.717) is 6.04 Å². The Morgan fingerprint density at radius 2 is 2.50 bits per heavy atom. The van der Waals surface area contributed by atoms with Gasteiger partial charge in [0.25, 0.3) is 0 Å². The van der Waals surface area contributed by atoms with Crippen LogP contribution >= 0.6 is 0 Å². The van der Waals surface area contributed by atoms with Gasteiger partial charge in [-0.3, -0.25) is 0 Å². The minimum Gasteiger partial charge on any atom is -0.372 e. The zero-order valence-corrected chi connectivity index (χ0v) is 6.38. The summed E-state index contributed by atoms with van der Waals surface area (Å²) in [6, 6.07) is 1.43. The fourth-order valence-electron chi connectivity index (χ4n) is 1.74. The van der Waals surface area contributed by atoms with E-state index < -0.39 is 0 Å². The van der Waals surface area contributed by atoms with Crippen LogP contribution < -0.4 is 5.32 Å². The third-order valence-electron chi connectivity index (χ3n) is 2.36. The molecule has 0 saturated carbocycles. The van der Waals surface area contributed by atoms with Gasteiger partial charge in [0.05, 0.1) is 0 Å². The summed E-state index contributed by atoms with van der Waals surface area (Å²) in [6.07, 6.45) is 5.74. The lowest BCUT2D eigenvalue weighted by atomic mass is 10.1. The zero-order valence-electron chi connectivity index (χ0n) is 6.38. The van der Waals surface area contributed by atoms with Crippen molar-refractivity contribution >= 4 is 0 Å². The van der Waals surface area contributed by atoms with E-state index in [1.807, 2.05) is 0 Å². The topological polar surface area (TPSA) is 15.3 Å². The van der Waals surface area contributed by atoms with E-state index in [0.717, 1.165) is 12.6 Å². The number of hydrogen-bond acceptors (Lipinski definition) is 2. The van der Waals surface area contributed by atoms with Gasteiger partial charge in [-0.25, -0.2) is 0 Å². The monoisotopic (exact) mass is 138 g/mol. The number of rotatable bonds is 0. The molecule has 2 heteroatoms. The molecular formula is C8H14N2. The standard InChI is InChI=1S/C8H14N2/c1-7-6-10-4-2-3-8(10)5-9-7/h2,4,7-9H,3,5-6H2,1H3. The summed E-state index contributed by atoms with van der Waals surface area (Å²) in [7, 11) is 0. The van der Waals surface area contributed by atoms with Crippen molar-refractivity contribution in [3.05, 3.63) is 12.3 Å². The Kier molecular flexibility index (Phi) is 1.42. The lowest BCUT2D eigenvalue weighted by molar-refractivity contribution is 0.212. The Morgan fingerprint density at radius 1 is 1.60 bits per heavy atom. The van der Waals surface area contributed by atoms with Gasteiger partial charge < -0.3 is 10.2 Å². The second-order valence-corrected chi connectivity index (χ2v) is 3.28. The Bertz CT molecular complexity index is 153. The van der Waals surface area contributed by atoms with Crippen molar-refractivity contribution in [3.63, 3.8) is 0 Å². The van der Waals surface area contributed by atoms with Gasteiger partial charge in [-0.15, -0.1) is 0 Å². The van der Waals surface area contributed by atoms with Crippen LogP contribution in [0.1, 0.15) is 13.3 Å². The van der Waals surface area contributed by atoms with E-state index in [4.69, 9.17) is 0 Å². The summed E-state index contributed by atoms with van der Waals surface area (Å²) in [5.41, 5.74) is 0. The summed E-state index contributed by atoms with van der Waals surface area (Å²) in [4.78, 5) is 2.45. The van der Waals surface area contributed by atoms with E-state index >= 15 is 0 Å². The minimum atomic E-state index is 0.666. The Balaban J connectivity index is 2.01. The summed E-state index contributed by atoms with van der Waals surface area (Å²) < 4.78 is 0. The highest BCUT2D eigenvalue weighted by Crippen LogP contribution is 2.16. The second kappa shape index (κ2) is 2.27. The maximum absolute atomic E-state index is 3.47. The minimum absolute atomic E-state index is 0.666. The van der Waals surface area contributed by atoms with Gasteiger partial charge in [0, 0.05) is 25.2 Å². The molecule has 0 aromatic carbocycles. The first kappa shape index (κ1) is 6.23. The molecule has 10 heavy (non-hydrogen) atoms. The van der Waals surface area contributed by atoms with Crippen molar-refractivity contribution in [1.29, 1.82) is 0 Å². The van der Waals surface area contributed by atoms with Crippen LogP contribution in [0.15, 0.2) is 12.3 Å². The molecule has 1 fully saturated rings. The molecule has 1 saturated heterocycles. The van der Waals surface area contributed by atoms with Crippen molar-refractivity contribution in [2.45, 2.75) is 25.4 Å². The van der Waals surface area contributed by atoms with E-state index in [-0.39, 0.29) is 0 Å². The zero-order chi connectivity index (χ0) is 6.97. The number of piperazine rings is 1. The quantitative estimate of drug-likeness (QED) is 0.526. The number of nitrogens with one attached hydrogen (secondary N) is 1. The first-order valence-electron chi connectivity index (χ1n) is 4.02. The lowest BCUT2D eigenvalue weighted by Gasteiger charge is -2.35. The molecule has 2 rings (SSSR count). The molecule has 2 unspecified atom stereocenters. The molecule has 0 aromatic heterocycles. The van der Waals surface area contributed by atoms with Gasteiger partial charge in [-0.2, -0.15) is 0 Å². The molecule has 0 aliphatic carbocycles. The highest BCUT2D eigenvalue weighted by molar-refractivity contribution is 5.02. The van der Waals surface area contributed by atoms with E-state index in [2.05, 4.69) is 29.4 Å². The van der Waals surface area contributed by atoms with Crippen LogP contribution in [-0.2, 0) is 0 Å². The molecule has 2 nitrogen and oxygen atoms in total. The van der Waals surface area contributed by atoms with Crippen molar-refractivity contribution in [3.8, 4) is 0 Å². The van der Waals surface area contributed by atoms with Gasteiger partial charge >= 0.3 is 0 Å². The van der Waals surface area contributed by atoms with Crippen LogP contribution in [0.25, 0.3) is 0 Å². The third-order valence-corrected chi connectivity index (χ3v) is 2.36. The summed E-state index contributed by atoms with van der Waals surface area (Å²) in [5.74, 6) is 0. The summed E-state index contributed by atoms with van der Waals surface area (Å²) >= 11 is 0. The Labute approximate surface area is 61.9 Å². The molecule has 2 aliphatic heterocycles. The largest absolute Gasteiger partial charge is 0.372 e. The van der Waals surface area contributed by atoms with E-state index in [9.17, 15) is 0 Å². The predicted molar refractivity (Wildman–Crippen MR) is 41.7 cm³/mol. The van der Waals surface area contributed by atoms with Crippen LogP contribution in [0.4, 0.5) is 0 Å². The molecule has 56 valence electrons. The molecule has 0 spiro atoms. The second-order valence-electron chi connectivity index (χ2n) is 3.28. The molecule has 0 bridgehead atoms. The van der Waals surface area contributed by atoms with Gasteiger partial charge in [-0.1, -0.05) is 6.08 Å². The SMILES string of the molecule is CC1CN2C=CCC2CN1. The first-order chi connectivity index (χ1) is 4.86. The maximum Gasteiger partial charge on any atom is 0.0444 e. The molecule has 0 aromatic rings. The van der Waals surface area contributed by atoms with Gasteiger partial charge in [0.2, 0.25) is 0 Å². The smallest absolute Gasteiger partial charge is 0.0444 e. The predicted octanol–water partition coefficient (Wildman–Crippen LogP) is 0.566. The normalized spacial score (nSPS) is 38.3. The summed E-state index contributed by atoms with van der Waals surface area (Å²) in [5, 5.41) is 3.47. The van der Waals surface area contributed by atoms with Crippen LogP contribution in [-0.4, -0.2) is 30.1 Å². The fourth-order valence-corrected chi connectivity index (χ4v) is 1.74.